The molecule has 108 valence electrons. The zero-order chi connectivity index (χ0) is 13.7. The fourth-order valence-corrected chi connectivity index (χ4v) is 2.16. The zero-order valence-electron chi connectivity index (χ0n) is 12.2. The number of unbranched alkanes of at least 4 members (excludes halogenated alkanes) is 3. The molecule has 0 aromatic carbocycles. The van der Waals surface area contributed by atoms with Crippen molar-refractivity contribution in [3.63, 3.8) is 0 Å². The summed E-state index contributed by atoms with van der Waals surface area (Å²) >= 11 is 1.69. The predicted molar refractivity (Wildman–Crippen MR) is 75.9 cm³/mol. The number of ether oxygens (including phenoxy) is 3. The average Bonchev–Trinajstić information content (AvgIpc) is 2.39. The molecule has 4 heteroatoms. The molecule has 3 nitrogen and oxygen atoms in total. The molecule has 0 saturated carbocycles. The second-order valence-electron chi connectivity index (χ2n) is 4.45. The Balaban J connectivity index is 4.20. The first-order valence-electron chi connectivity index (χ1n) is 7.27. The van der Waals surface area contributed by atoms with Crippen LogP contribution in [0.3, 0.4) is 0 Å². The van der Waals surface area contributed by atoms with E-state index in [0.29, 0.717) is 0 Å². The van der Waals surface area contributed by atoms with Gasteiger partial charge in [-0.25, -0.2) is 0 Å². The molecule has 2 radical (unpaired) electrons. The van der Waals surface area contributed by atoms with Gasteiger partial charge in [0.1, 0.15) is 0 Å². The van der Waals surface area contributed by atoms with Crippen LogP contribution in [0.25, 0.3) is 0 Å². The van der Waals surface area contributed by atoms with Gasteiger partial charge in [0.2, 0.25) is 0 Å². The molecular formula is C14H29O3Sb. The van der Waals surface area contributed by atoms with Crippen LogP contribution in [-0.2, 0) is 14.2 Å². The molecule has 18 heavy (non-hydrogen) atoms. The summed E-state index contributed by atoms with van der Waals surface area (Å²) in [5.74, 6) is -0.784. The maximum atomic E-state index is 5.88. The van der Waals surface area contributed by atoms with Gasteiger partial charge in [0, 0.05) is 0 Å². The Morgan fingerprint density at radius 1 is 0.722 bits per heavy atom. The summed E-state index contributed by atoms with van der Waals surface area (Å²) < 4.78 is 18.4. The molecular weight excluding hydrogens is 338 g/mol. The van der Waals surface area contributed by atoms with Crippen molar-refractivity contribution in [3.05, 3.63) is 0 Å². The van der Waals surface area contributed by atoms with Crippen LogP contribution in [0.4, 0.5) is 0 Å². The van der Waals surface area contributed by atoms with E-state index in [1.807, 2.05) is 0 Å². The first-order valence-corrected chi connectivity index (χ1v) is 9.07. The molecule has 0 atom stereocenters. The van der Waals surface area contributed by atoms with E-state index < -0.39 is 5.97 Å². The van der Waals surface area contributed by atoms with Crippen LogP contribution in [-0.4, -0.2) is 48.8 Å². The SMILES string of the molecule is CCCCOC([CH2][Sb])(OCCCC)OCCCC. The summed E-state index contributed by atoms with van der Waals surface area (Å²) in [7, 11) is 0. The summed E-state index contributed by atoms with van der Waals surface area (Å²) in [5, 5.41) is 0. The van der Waals surface area contributed by atoms with Crippen LogP contribution >= 0.6 is 0 Å². The monoisotopic (exact) mass is 366 g/mol. The molecule has 0 N–H and O–H groups in total. The Morgan fingerprint density at radius 2 is 1.06 bits per heavy atom. The van der Waals surface area contributed by atoms with Crippen molar-refractivity contribution in [2.45, 2.75) is 69.6 Å². The van der Waals surface area contributed by atoms with E-state index in [-0.39, 0.29) is 0 Å². The number of hydrogen-bond donors (Lipinski definition) is 0. The summed E-state index contributed by atoms with van der Waals surface area (Å²) in [5.41, 5.74) is 0. The Kier molecular flexibility index (Phi) is 13.2. The van der Waals surface area contributed by atoms with Crippen LogP contribution in [0.5, 0.6) is 0 Å². The summed E-state index contributed by atoms with van der Waals surface area (Å²) in [6.45, 7) is 8.64. The third kappa shape index (κ3) is 8.74. The molecule has 0 bridgehead atoms. The minimum absolute atomic E-state index is 0.719. The van der Waals surface area contributed by atoms with Gasteiger partial charge in [-0.2, -0.15) is 0 Å². The molecule has 0 spiro atoms. The Labute approximate surface area is 126 Å². The fraction of sp³-hybridized carbons (Fsp3) is 1.00. The molecule has 0 heterocycles. The van der Waals surface area contributed by atoms with E-state index in [2.05, 4.69) is 20.8 Å². The molecule has 0 aliphatic carbocycles. The van der Waals surface area contributed by atoms with Crippen LogP contribution in [0, 0.1) is 0 Å². The van der Waals surface area contributed by atoms with E-state index in [1.165, 1.54) is 0 Å². The molecule has 0 aliphatic heterocycles. The third-order valence-corrected chi connectivity index (χ3v) is 3.76. The third-order valence-electron chi connectivity index (χ3n) is 2.65. The normalized spacial score (nSPS) is 12.0. The van der Waals surface area contributed by atoms with Crippen LogP contribution in [0.1, 0.15) is 59.3 Å². The van der Waals surface area contributed by atoms with E-state index in [1.54, 1.807) is 23.0 Å². The predicted octanol–water partition coefficient (Wildman–Crippen LogP) is 3.68. The molecule has 0 aromatic heterocycles. The molecule has 0 unspecified atom stereocenters. The van der Waals surface area contributed by atoms with Crippen molar-refractivity contribution in [1.29, 1.82) is 0 Å². The number of rotatable bonds is 13. The number of hydrogen-bond acceptors (Lipinski definition) is 3. The first kappa shape index (κ1) is 18.7. The Morgan fingerprint density at radius 3 is 1.28 bits per heavy atom. The van der Waals surface area contributed by atoms with Crippen LogP contribution < -0.4 is 0 Å². The summed E-state index contributed by atoms with van der Waals surface area (Å²) in [6.07, 6.45) is 6.57. The van der Waals surface area contributed by atoms with Gasteiger partial charge >= 0.3 is 127 Å². The fourth-order valence-electron chi connectivity index (χ4n) is 1.38. The van der Waals surface area contributed by atoms with Crippen molar-refractivity contribution in [3.8, 4) is 0 Å². The van der Waals surface area contributed by atoms with E-state index in [4.69, 9.17) is 14.2 Å². The van der Waals surface area contributed by atoms with E-state index in [0.717, 1.165) is 62.7 Å². The van der Waals surface area contributed by atoms with Gasteiger partial charge in [-0.15, -0.1) is 0 Å². The Hall–Kier alpha value is 0.698. The molecule has 0 rings (SSSR count). The van der Waals surface area contributed by atoms with Gasteiger partial charge in [-0.1, -0.05) is 0 Å². The Bertz CT molecular complexity index is 150. The molecule has 0 aromatic rings. The van der Waals surface area contributed by atoms with E-state index in [9.17, 15) is 0 Å². The van der Waals surface area contributed by atoms with Crippen LogP contribution in [0.15, 0.2) is 0 Å². The molecule has 0 aliphatic rings. The van der Waals surface area contributed by atoms with Crippen molar-refractivity contribution >= 4 is 23.0 Å². The van der Waals surface area contributed by atoms with Crippen molar-refractivity contribution in [2.75, 3.05) is 19.8 Å². The van der Waals surface area contributed by atoms with Gasteiger partial charge in [0.05, 0.1) is 0 Å². The quantitative estimate of drug-likeness (QED) is 0.282. The van der Waals surface area contributed by atoms with Gasteiger partial charge in [-0.05, 0) is 0 Å². The van der Waals surface area contributed by atoms with Crippen LogP contribution in [0.2, 0.25) is 4.37 Å². The van der Waals surface area contributed by atoms with E-state index >= 15 is 0 Å². The molecule has 0 fully saturated rings. The first-order chi connectivity index (χ1) is 8.74. The van der Waals surface area contributed by atoms with Gasteiger partial charge < -0.3 is 0 Å². The average molecular weight is 367 g/mol. The molecule has 0 saturated heterocycles. The second kappa shape index (κ2) is 12.7. The second-order valence-corrected chi connectivity index (χ2v) is 5.35. The van der Waals surface area contributed by atoms with Gasteiger partial charge in [-0.3, -0.25) is 0 Å². The minimum atomic E-state index is -0.784. The van der Waals surface area contributed by atoms with Gasteiger partial charge in [0.25, 0.3) is 0 Å². The standard InChI is InChI=1S/C14H29O3.Sb/c1-5-8-11-15-14(4,16-12-9-6-2)17-13-10-7-3;/h4-13H2,1-3H3;. The zero-order valence-corrected chi connectivity index (χ0v) is 14.8. The summed E-state index contributed by atoms with van der Waals surface area (Å²) in [4.78, 5) is 0. The van der Waals surface area contributed by atoms with Gasteiger partial charge in [0.15, 0.2) is 0 Å². The van der Waals surface area contributed by atoms with Crippen molar-refractivity contribution < 1.29 is 14.2 Å². The van der Waals surface area contributed by atoms with Crippen molar-refractivity contribution in [1.82, 2.24) is 0 Å². The summed E-state index contributed by atoms with van der Waals surface area (Å²) in [6, 6.07) is 0. The van der Waals surface area contributed by atoms with Crippen molar-refractivity contribution in [2.24, 2.45) is 0 Å². The maximum absolute atomic E-state index is 5.88. The molecule has 0 amide bonds. The topological polar surface area (TPSA) is 27.7 Å².